The van der Waals surface area contributed by atoms with Crippen LogP contribution in [-0.4, -0.2) is 43.5 Å². The highest BCUT2D eigenvalue weighted by molar-refractivity contribution is 5.92. The van der Waals surface area contributed by atoms with Gasteiger partial charge in [0.15, 0.2) is 17.5 Å². The van der Waals surface area contributed by atoms with Crippen molar-refractivity contribution in [1.82, 2.24) is 10.2 Å². The first-order valence-corrected chi connectivity index (χ1v) is 8.37. The molecule has 1 saturated heterocycles. The van der Waals surface area contributed by atoms with E-state index in [4.69, 9.17) is 0 Å². The molecule has 0 atom stereocenters. The summed E-state index contributed by atoms with van der Waals surface area (Å²) in [4.78, 5) is 14.2. The minimum Gasteiger partial charge on any atom is -0.322 e. The number of halogens is 3. The number of rotatable bonds is 7. The van der Waals surface area contributed by atoms with E-state index in [2.05, 4.69) is 10.6 Å². The number of hydrogen-bond donors (Lipinski definition) is 2. The van der Waals surface area contributed by atoms with Crippen molar-refractivity contribution < 1.29 is 18.0 Å². The van der Waals surface area contributed by atoms with E-state index in [-0.39, 0.29) is 12.2 Å². The molecule has 1 aliphatic rings. The van der Waals surface area contributed by atoms with Crippen LogP contribution in [0.5, 0.6) is 0 Å². The number of hydrogen-bond acceptors (Lipinski definition) is 3. The van der Waals surface area contributed by atoms with Crippen LogP contribution in [0.3, 0.4) is 0 Å². The number of benzene rings is 1. The fourth-order valence-corrected chi connectivity index (χ4v) is 3.00. The van der Waals surface area contributed by atoms with Crippen LogP contribution in [0.25, 0.3) is 0 Å². The monoisotopic (exact) mass is 343 g/mol. The number of nitrogens with zero attached hydrogens (tertiary/aromatic N) is 1. The number of piperidine rings is 1. The molecule has 0 unspecified atom stereocenters. The average Bonchev–Trinajstić information content (AvgIpc) is 2.56. The fourth-order valence-electron chi connectivity index (χ4n) is 3.00. The molecule has 24 heavy (non-hydrogen) atoms. The van der Waals surface area contributed by atoms with Crippen molar-refractivity contribution >= 4 is 11.6 Å². The van der Waals surface area contributed by atoms with E-state index in [1.54, 1.807) is 0 Å². The van der Waals surface area contributed by atoms with Crippen molar-refractivity contribution in [2.75, 3.05) is 38.0 Å². The first kappa shape index (κ1) is 18.7. The Bertz CT molecular complexity index is 562. The topological polar surface area (TPSA) is 44.4 Å². The standard InChI is InChI=1S/C17H24F3N3O/c1-2-9-23(10-12-5-7-21-8-6-12)11-15(24)22-14-4-3-13(18)16(19)17(14)20/h3-4,12,21H,2,5-11H2,1H3,(H,22,24). The SMILES string of the molecule is CCCN(CC(=O)Nc1ccc(F)c(F)c1F)CC1CCNCC1. The number of nitrogens with one attached hydrogen (secondary N) is 2. The van der Waals surface area contributed by atoms with Crippen LogP contribution in [0.15, 0.2) is 12.1 Å². The predicted octanol–water partition coefficient (Wildman–Crippen LogP) is 2.75. The largest absolute Gasteiger partial charge is 0.322 e. The summed E-state index contributed by atoms with van der Waals surface area (Å²) in [6.45, 7) is 5.67. The summed E-state index contributed by atoms with van der Waals surface area (Å²) >= 11 is 0. The molecule has 0 bridgehead atoms. The van der Waals surface area contributed by atoms with E-state index in [1.165, 1.54) is 0 Å². The summed E-state index contributed by atoms with van der Waals surface area (Å²) in [5, 5.41) is 5.63. The highest BCUT2D eigenvalue weighted by Crippen LogP contribution is 2.20. The molecule has 0 saturated carbocycles. The number of amides is 1. The van der Waals surface area contributed by atoms with Crippen LogP contribution in [0, 0.1) is 23.4 Å². The van der Waals surface area contributed by atoms with Gasteiger partial charge >= 0.3 is 0 Å². The molecule has 1 amide bonds. The molecule has 2 N–H and O–H groups in total. The first-order chi connectivity index (χ1) is 11.5. The summed E-state index contributed by atoms with van der Waals surface area (Å²) in [5.41, 5.74) is -0.336. The molecule has 1 aliphatic heterocycles. The molecule has 134 valence electrons. The third-order valence-corrected chi connectivity index (χ3v) is 4.19. The van der Waals surface area contributed by atoms with Gasteiger partial charge in [-0.25, -0.2) is 13.2 Å². The highest BCUT2D eigenvalue weighted by Gasteiger charge is 2.20. The number of anilines is 1. The van der Waals surface area contributed by atoms with Crippen LogP contribution in [-0.2, 0) is 4.79 Å². The normalized spacial score (nSPS) is 15.7. The summed E-state index contributed by atoms with van der Waals surface area (Å²) in [5.74, 6) is -4.12. The Labute approximate surface area is 140 Å². The second kappa shape index (κ2) is 9.03. The van der Waals surface area contributed by atoms with E-state index in [9.17, 15) is 18.0 Å². The van der Waals surface area contributed by atoms with Gasteiger partial charge in [0.2, 0.25) is 5.91 Å². The van der Waals surface area contributed by atoms with Crippen molar-refractivity contribution in [3.05, 3.63) is 29.6 Å². The molecule has 1 aromatic rings. The maximum atomic E-state index is 13.6. The molecule has 4 nitrogen and oxygen atoms in total. The van der Waals surface area contributed by atoms with Gasteiger partial charge in [0, 0.05) is 6.54 Å². The van der Waals surface area contributed by atoms with Gasteiger partial charge in [0.1, 0.15) is 0 Å². The van der Waals surface area contributed by atoms with Crippen LogP contribution in [0.2, 0.25) is 0 Å². The lowest BCUT2D eigenvalue weighted by Crippen LogP contribution is -2.40. The number of carbonyl (C=O) groups is 1. The molecular formula is C17H24F3N3O. The zero-order valence-corrected chi connectivity index (χ0v) is 13.9. The van der Waals surface area contributed by atoms with Crippen molar-refractivity contribution in [2.24, 2.45) is 5.92 Å². The fraction of sp³-hybridized carbons (Fsp3) is 0.588. The van der Waals surface area contributed by atoms with Crippen molar-refractivity contribution in [3.8, 4) is 0 Å². The van der Waals surface area contributed by atoms with Gasteiger partial charge in [0.05, 0.1) is 12.2 Å². The summed E-state index contributed by atoms with van der Waals surface area (Å²) in [6.07, 6.45) is 3.04. The van der Waals surface area contributed by atoms with Crippen LogP contribution >= 0.6 is 0 Å². The number of carbonyl (C=O) groups excluding carboxylic acids is 1. The molecule has 1 fully saturated rings. The second-order valence-corrected chi connectivity index (χ2v) is 6.20. The highest BCUT2D eigenvalue weighted by atomic mass is 19.2. The van der Waals surface area contributed by atoms with E-state index < -0.39 is 23.4 Å². The lowest BCUT2D eigenvalue weighted by Gasteiger charge is -2.29. The van der Waals surface area contributed by atoms with Gasteiger partial charge in [-0.1, -0.05) is 6.92 Å². The van der Waals surface area contributed by atoms with Gasteiger partial charge in [0.25, 0.3) is 0 Å². The molecule has 7 heteroatoms. The van der Waals surface area contributed by atoms with Crippen molar-refractivity contribution in [3.63, 3.8) is 0 Å². The van der Waals surface area contributed by atoms with Gasteiger partial charge in [-0.05, 0) is 56.9 Å². The molecule has 0 aromatic heterocycles. The zero-order chi connectivity index (χ0) is 17.5. The summed E-state index contributed by atoms with van der Waals surface area (Å²) in [6, 6.07) is 1.83. The summed E-state index contributed by atoms with van der Waals surface area (Å²) < 4.78 is 39.8. The minimum absolute atomic E-state index is 0.107. The third-order valence-electron chi connectivity index (χ3n) is 4.19. The second-order valence-electron chi connectivity index (χ2n) is 6.20. The quantitative estimate of drug-likeness (QED) is 0.749. The van der Waals surface area contributed by atoms with Crippen LogP contribution in [0.1, 0.15) is 26.2 Å². The summed E-state index contributed by atoms with van der Waals surface area (Å²) in [7, 11) is 0. The Morgan fingerprint density at radius 3 is 2.62 bits per heavy atom. The lowest BCUT2D eigenvalue weighted by atomic mass is 9.97. The van der Waals surface area contributed by atoms with Gasteiger partial charge in [-0.3, -0.25) is 9.69 Å². The van der Waals surface area contributed by atoms with Gasteiger partial charge in [-0.2, -0.15) is 0 Å². The van der Waals surface area contributed by atoms with Crippen LogP contribution < -0.4 is 10.6 Å². The van der Waals surface area contributed by atoms with Crippen LogP contribution in [0.4, 0.5) is 18.9 Å². The maximum Gasteiger partial charge on any atom is 0.238 e. The lowest BCUT2D eigenvalue weighted by molar-refractivity contribution is -0.117. The van der Waals surface area contributed by atoms with Crippen molar-refractivity contribution in [2.45, 2.75) is 26.2 Å². The van der Waals surface area contributed by atoms with E-state index >= 15 is 0 Å². The molecule has 0 radical (unpaired) electrons. The van der Waals surface area contributed by atoms with E-state index in [0.717, 1.165) is 57.6 Å². The smallest absolute Gasteiger partial charge is 0.238 e. The molecule has 1 aromatic carbocycles. The maximum absolute atomic E-state index is 13.6. The molecule has 1 heterocycles. The first-order valence-electron chi connectivity index (χ1n) is 8.37. The van der Waals surface area contributed by atoms with Crippen molar-refractivity contribution in [1.29, 1.82) is 0 Å². The van der Waals surface area contributed by atoms with E-state index in [0.29, 0.717) is 5.92 Å². The Morgan fingerprint density at radius 2 is 1.96 bits per heavy atom. The Hall–Kier alpha value is -1.60. The van der Waals surface area contributed by atoms with Gasteiger partial charge in [-0.15, -0.1) is 0 Å². The van der Waals surface area contributed by atoms with E-state index in [1.807, 2.05) is 11.8 Å². The molecule has 2 rings (SSSR count). The third kappa shape index (κ3) is 5.21. The average molecular weight is 343 g/mol. The minimum atomic E-state index is -1.58. The molecular weight excluding hydrogens is 319 g/mol. The van der Waals surface area contributed by atoms with Gasteiger partial charge < -0.3 is 10.6 Å². The zero-order valence-electron chi connectivity index (χ0n) is 13.9. The predicted molar refractivity (Wildman–Crippen MR) is 87.3 cm³/mol. The molecule has 0 aliphatic carbocycles. The Balaban J connectivity index is 1.93. The Kier molecular flexibility index (Phi) is 7.05. The Morgan fingerprint density at radius 1 is 1.25 bits per heavy atom. The molecule has 0 spiro atoms.